The lowest BCUT2D eigenvalue weighted by Gasteiger charge is -1.96. The Labute approximate surface area is 107 Å². The van der Waals surface area contributed by atoms with Gasteiger partial charge in [-0.05, 0) is 30.7 Å². The van der Waals surface area contributed by atoms with Crippen LogP contribution in [0.1, 0.15) is 6.42 Å². The van der Waals surface area contributed by atoms with Crippen LogP contribution in [0.25, 0.3) is 11.5 Å². The number of aryl methyl sites for hydroxylation is 1. The Morgan fingerprint density at radius 2 is 2.26 bits per heavy atom. The Bertz CT molecular complexity index is 657. The molecule has 0 aliphatic heterocycles. The molecular weight excluding hydrogens is 256 g/mol. The SMILES string of the molecule is Nc1cccc(-c2nn(CCC=C(F)F)c(=O)o2)c1. The fourth-order valence-electron chi connectivity index (χ4n) is 1.53. The van der Waals surface area contributed by atoms with Crippen LogP contribution in [0.4, 0.5) is 14.5 Å². The zero-order chi connectivity index (χ0) is 13.8. The lowest BCUT2D eigenvalue weighted by atomic mass is 10.2. The molecule has 0 spiro atoms. The summed E-state index contributed by atoms with van der Waals surface area (Å²) in [7, 11) is 0. The summed E-state index contributed by atoms with van der Waals surface area (Å²) in [5.74, 6) is -0.577. The van der Waals surface area contributed by atoms with Gasteiger partial charge in [0.15, 0.2) is 0 Å². The fourth-order valence-corrected chi connectivity index (χ4v) is 1.53. The molecule has 19 heavy (non-hydrogen) atoms. The van der Waals surface area contributed by atoms with Gasteiger partial charge in [0.2, 0.25) is 5.89 Å². The zero-order valence-electron chi connectivity index (χ0n) is 9.85. The highest BCUT2D eigenvalue weighted by Gasteiger charge is 2.09. The lowest BCUT2D eigenvalue weighted by molar-refractivity contribution is 0.413. The summed E-state index contributed by atoms with van der Waals surface area (Å²) >= 11 is 0. The molecule has 100 valence electrons. The van der Waals surface area contributed by atoms with Crippen LogP contribution in [0.5, 0.6) is 0 Å². The third-order valence-corrected chi connectivity index (χ3v) is 2.38. The number of nitrogen functional groups attached to an aromatic ring is 1. The molecule has 1 aromatic carbocycles. The van der Waals surface area contributed by atoms with Gasteiger partial charge in [0.25, 0.3) is 6.08 Å². The van der Waals surface area contributed by atoms with Crippen LogP contribution in [0.15, 0.2) is 45.6 Å². The summed E-state index contributed by atoms with van der Waals surface area (Å²) in [4.78, 5) is 11.5. The number of anilines is 1. The van der Waals surface area contributed by atoms with Gasteiger partial charge >= 0.3 is 5.76 Å². The van der Waals surface area contributed by atoms with E-state index in [0.717, 1.165) is 10.8 Å². The van der Waals surface area contributed by atoms with Crippen molar-refractivity contribution < 1.29 is 13.2 Å². The van der Waals surface area contributed by atoms with Crippen molar-refractivity contribution in [2.45, 2.75) is 13.0 Å². The molecule has 0 saturated carbocycles. The first-order chi connectivity index (χ1) is 9.06. The van der Waals surface area contributed by atoms with Crippen LogP contribution in [-0.4, -0.2) is 9.78 Å². The first-order valence-electron chi connectivity index (χ1n) is 5.51. The number of hydrogen-bond acceptors (Lipinski definition) is 4. The van der Waals surface area contributed by atoms with Crippen molar-refractivity contribution in [2.24, 2.45) is 0 Å². The summed E-state index contributed by atoms with van der Waals surface area (Å²) in [6, 6.07) is 6.68. The fraction of sp³-hybridized carbons (Fsp3) is 0.167. The van der Waals surface area contributed by atoms with Crippen molar-refractivity contribution in [2.75, 3.05) is 5.73 Å². The first-order valence-corrected chi connectivity index (χ1v) is 5.51. The lowest BCUT2D eigenvalue weighted by Crippen LogP contribution is -2.15. The van der Waals surface area contributed by atoms with E-state index in [9.17, 15) is 13.6 Å². The Kier molecular flexibility index (Phi) is 3.74. The van der Waals surface area contributed by atoms with E-state index in [0.29, 0.717) is 11.3 Å². The third-order valence-electron chi connectivity index (χ3n) is 2.38. The molecule has 0 saturated heterocycles. The second-order valence-electron chi connectivity index (χ2n) is 3.80. The molecule has 0 fully saturated rings. The number of nitrogens with two attached hydrogens (primary N) is 1. The van der Waals surface area contributed by atoms with Crippen LogP contribution in [0, 0.1) is 0 Å². The second kappa shape index (κ2) is 5.47. The average Bonchev–Trinajstić information content (AvgIpc) is 2.71. The quantitative estimate of drug-likeness (QED) is 0.862. The van der Waals surface area contributed by atoms with E-state index in [1.54, 1.807) is 24.3 Å². The number of nitrogens with zero attached hydrogens (tertiary/aromatic N) is 2. The van der Waals surface area contributed by atoms with E-state index in [2.05, 4.69) is 5.10 Å². The molecule has 0 aliphatic rings. The monoisotopic (exact) mass is 267 g/mol. The van der Waals surface area contributed by atoms with Crippen molar-refractivity contribution in [1.29, 1.82) is 0 Å². The molecule has 0 aliphatic carbocycles. The summed E-state index contributed by atoms with van der Waals surface area (Å²) in [5, 5.41) is 3.93. The van der Waals surface area contributed by atoms with Gasteiger partial charge < -0.3 is 10.2 Å². The third kappa shape index (κ3) is 3.27. The van der Waals surface area contributed by atoms with Crippen molar-refractivity contribution in [3.63, 3.8) is 0 Å². The number of benzene rings is 1. The molecule has 7 heteroatoms. The van der Waals surface area contributed by atoms with Crippen LogP contribution in [0.2, 0.25) is 0 Å². The Morgan fingerprint density at radius 3 is 2.95 bits per heavy atom. The van der Waals surface area contributed by atoms with Crippen LogP contribution in [0.3, 0.4) is 0 Å². The molecule has 2 rings (SSSR count). The molecule has 2 aromatic rings. The van der Waals surface area contributed by atoms with Crippen molar-refractivity contribution in [3.8, 4) is 11.5 Å². The maximum absolute atomic E-state index is 11.9. The molecule has 1 aromatic heterocycles. The van der Waals surface area contributed by atoms with Gasteiger partial charge in [0.1, 0.15) is 0 Å². The summed E-state index contributed by atoms with van der Waals surface area (Å²) in [5.41, 5.74) is 6.68. The van der Waals surface area contributed by atoms with Crippen molar-refractivity contribution >= 4 is 5.69 Å². The predicted molar refractivity (Wildman–Crippen MR) is 65.5 cm³/mol. The maximum atomic E-state index is 11.9. The highest BCUT2D eigenvalue weighted by atomic mass is 19.3. The Morgan fingerprint density at radius 1 is 1.47 bits per heavy atom. The van der Waals surface area contributed by atoms with Gasteiger partial charge in [-0.3, -0.25) is 0 Å². The number of halogens is 2. The number of rotatable bonds is 4. The molecule has 0 amide bonds. The van der Waals surface area contributed by atoms with Crippen molar-refractivity contribution in [3.05, 3.63) is 47.0 Å². The summed E-state index contributed by atoms with van der Waals surface area (Å²) < 4.78 is 29.7. The number of allylic oxidation sites excluding steroid dienone is 1. The van der Waals surface area contributed by atoms with Gasteiger partial charge in [0, 0.05) is 11.3 Å². The predicted octanol–water partition coefficient (Wildman–Crippen LogP) is 2.26. The molecule has 0 atom stereocenters. The minimum atomic E-state index is -1.78. The van der Waals surface area contributed by atoms with E-state index in [4.69, 9.17) is 10.2 Å². The molecule has 5 nitrogen and oxygen atoms in total. The number of hydrogen-bond donors (Lipinski definition) is 1. The van der Waals surface area contributed by atoms with Gasteiger partial charge in [-0.15, -0.1) is 5.10 Å². The van der Waals surface area contributed by atoms with E-state index in [1.807, 2.05) is 0 Å². The van der Waals surface area contributed by atoms with E-state index in [-0.39, 0.29) is 18.9 Å². The normalized spacial score (nSPS) is 10.4. The highest BCUT2D eigenvalue weighted by Crippen LogP contribution is 2.17. The van der Waals surface area contributed by atoms with E-state index < -0.39 is 11.8 Å². The van der Waals surface area contributed by atoms with E-state index in [1.165, 1.54) is 0 Å². The molecule has 1 heterocycles. The van der Waals surface area contributed by atoms with Crippen LogP contribution < -0.4 is 11.5 Å². The standard InChI is InChI=1S/C12H11F2N3O2/c13-10(14)5-2-6-17-12(18)19-11(16-17)8-3-1-4-9(15)7-8/h1,3-5,7H,2,6,15H2. The smallest absolute Gasteiger partial charge is 0.399 e. The zero-order valence-corrected chi connectivity index (χ0v) is 9.85. The number of aromatic nitrogens is 2. The summed E-state index contributed by atoms with van der Waals surface area (Å²) in [6.45, 7) is 0.0298. The van der Waals surface area contributed by atoms with Crippen molar-refractivity contribution in [1.82, 2.24) is 9.78 Å². The van der Waals surface area contributed by atoms with E-state index >= 15 is 0 Å². The van der Waals surface area contributed by atoms with Crippen LogP contribution in [-0.2, 0) is 6.54 Å². The Hall–Kier alpha value is -2.44. The summed E-state index contributed by atoms with van der Waals surface area (Å²) in [6.07, 6.45) is -1.06. The van der Waals surface area contributed by atoms with Gasteiger partial charge in [-0.25, -0.2) is 4.79 Å². The molecule has 0 bridgehead atoms. The highest BCUT2D eigenvalue weighted by molar-refractivity contribution is 5.59. The first kappa shape index (κ1) is 13.0. The largest absolute Gasteiger partial charge is 0.437 e. The minimum Gasteiger partial charge on any atom is -0.399 e. The molecule has 2 N–H and O–H groups in total. The topological polar surface area (TPSA) is 74.0 Å². The molecule has 0 radical (unpaired) electrons. The minimum absolute atomic E-state index is 0.00510. The molecular formula is C12H11F2N3O2. The van der Waals surface area contributed by atoms with Gasteiger partial charge in [-0.1, -0.05) is 6.07 Å². The van der Waals surface area contributed by atoms with Crippen LogP contribution >= 0.6 is 0 Å². The second-order valence-corrected chi connectivity index (χ2v) is 3.80. The maximum Gasteiger partial charge on any atom is 0.437 e. The van der Waals surface area contributed by atoms with Gasteiger partial charge in [0.05, 0.1) is 6.54 Å². The average molecular weight is 267 g/mol. The van der Waals surface area contributed by atoms with Gasteiger partial charge in [-0.2, -0.15) is 13.5 Å². The Balaban J connectivity index is 2.21. The molecule has 0 unspecified atom stereocenters.